The Kier molecular flexibility index (Phi) is 4.23. The van der Waals surface area contributed by atoms with Crippen LogP contribution < -0.4 is 5.32 Å². The summed E-state index contributed by atoms with van der Waals surface area (Å²) < 4.78 is 27.2. The average molecular weight is 322 g/mol. The monoisotopic (exact) mass is 322 g/mol. The lowest BCUT2D eigenvalue weighted by molar-refractivity contribution is 0.0951. The lowest BCUT2D eigenvalue weighted by Crippen LogP contribution is -2.42. The zero-order chi connectivity index (χ0) is 15.7. The number of nitrogens with one attached hydrogen (secondary N) is 1. The van der Waals surface area contributed by atoms with Crippen LogP contribution in [0, 0.1) is 0 Å². The minimum absolute atomic E-state index is 0.0164. The van der Waals surface area contributed by atoms with E-state index in [2.05, 4.69) is 5.32 Å². The van der Waals surface area contributed by atoms with Crippen LogP contribution in [0.15, 0.2) is 29.2 Å². The number of amides is 1. The summed E-state index contributed by atoms with van der Waals surface area (Å²) in [6.07, 6.45) is 4.87. The Balaban J connectivity index is 1.85. The van der Waals surface area contributed by atoms with Crippen LogP contribution in [0.25, 0.3) is 0 Å². The van der Waals surface area contributed by atoms with Gasteiger partial charge in [0.05, 0.1) is 4.90 Å². The van der Waals surface area contributed by atoms with Crippen molar-refractivity contribution in [3.63, 3.8) is 0 Å². The van der Waals surface area contributed by atoms with Crippen LogP contribution in [-0.4, -0.2) is 37.3 Å². The Morgan fingerprint density at radius 3 is 2.68 bits per heavy atom. The van der Waals surface area contributed by atoms with Crippen molar-refractivity contribution < 1.29 is 13.2 Å². The summed E-state index contributed by atoms with van der Waals surface area (Å²) in [5, 5.41) is 2.89. The molecule has 1 saturated heterocycles. The van der Waals surface area contributed by atoms with Crippen LogP contribution in [-0.2, 0) is 10.0 Å². The average Bonchev–Trinajstić information content (AvgIpc) is 3.31. The molecule has 120 valence electrons. The van der Waals surface area contributed by atoms with Crippen molar-refractivity contribution in [1.29, 1.82) is 0 Å². The molecule has 1 atom stereocenters. The van der Waals surface area contributed by atoms with Gasteiger partial charge < -0.3 is 5.32 Å². The van der Waals surface area contributed by atoms with Crippen molar-refractivity contribution in [1.82, 2.24) is 9.62 Å². The highest BCUT2D eigenvalue weighted by atomic mass is 32.2. The molecule has 2 fully saturated rings. The smallest absolute Gasteiger partial charge is 0.251 e. The van der Waals surface area contributed by atoms with Crippen LogP contribution in [0.4, 0.5) is 0 Å². The number of hydrogen-bond donors (Lipinski definition) is 1. The molecule has 1 amide bonds. The molecule has 1 heterocycles. The standard InChI is InChI=1S/C16H22N2O3S/c1-12-5-2-3-10-18(12)22(20,21)15-7-4-6-13(11-15)16(19)17-14-8-9-14/h4,6-7,11-12,14H,2-3,5,8-10H2,1H3,(H,17,19). The van der Waals surface area contributed by atoms with Crippen molar-refractivity contribution in [2.75, 3.05) is 6.54 Å². The summed E-state index contributed by atoms with van der Waals surface area (Å²) in [7, 11) is -3.53. The van der Waals surface area contributed by atoms with Crippen molar-refractivity contribution in [2.24, 2.45) is 0 Å². The molecule has 1 unspecified atom stereocenters. The molecule has 0 aromatic heterocycles. The maximum absolute atomic E-state index is 12.8. The zero-order valence-corrected chi connectivity index (χ0v) is 13.6. The zero-order valence-electron chi connectivity index (χ0n) is 12.8. The van der Waals surface area contributed by atoms with Gasteiger partial charge in [-0.2, -0.15) is 4.31 Å². The minimum atomic E-state index is -3.53. The molecule has 3 rings (SSSR count). The first-order valence-electron chi connectivity index (χ1n) is 7.91. The topological polar surface area (TPSA) is 66.5 Å². The van der Waals surface area contributed by atoms with Gasteiger partial charge >= 0.3 is 0 Å². The SMILES string of the molecule is CC1CCCCN1S(=O)(=O)c1cccc(C(=O)NC2CC2)c1. The molecule has 1 aromatic rings. The number of nitrogens with zero attached hydrogens (tertiary/aromatic N) is 1. The number of carbonyl (C=O) groups excluding carboxylic acids is 1. The van der Waals surface area contributed by atoms with Gasteiger partial charge in [-0.05, 0) is 50.8 Å². The van der Waals surface area contributed by atoms with Gasteiger partial charge in [0.25, 0.3) is 5.91 Å². The predicted octanol–water partition coefficient (Wildman–Crippen LogP) is 2.14. The Morgan fingerprint density at radius 1 is 1.23 bits per heavy atom. The number of benzene rings is 1. The van der Waals surface area contributed by atoms with Crippen molar-refractivity contribution in [3.8, 4) is 0 Å². The number of hydrogen-bond acceptors (Lipinski definition) is 3. The number of piperidine rings is 1. The summed E-state index contributed by atoms with van der Waals surface area (Å²) in [6.45, 7) is 2.50. The molecule has 1 aromatic carbocycles. The summed E-state index contributed by atoms with van der Waals surface area (Å²) in [5.74, 6) is -0.189. The van der Waals surface area contributed by atoms with E-state index < -0.39 is 10.0 Å². The van der Waals surface area contributed by atoms with Crippen LogP contribution in [0.2, 0.25) is 0 Å². The van der Waals surface area contributed by atoms with E-state index in [1.807, 2.05) is 6.92 Å². The highest BCUT2D eigenvalue weighted by molar-refractivity contribution is 7.89. The molecule has 0 spiro atoms. The van der Waals surface area contributed by atoms with E-state index in [1.165, 1.54) is 6.07 Å². The molecule has 22 heavy (non-hydrogen) atoms. The third-order valence-electron chi connectivity index (χ3n) is 4.36. The van der Waals surface area contributed by atoms with Crippen molar-refractivity contribution in [2.45, 2.75) is 56.0 Å². The summed E-state index contributed by atoms with van der Waals surface area (Å²) in [5.41, 5.74) is 0.414. The highest BCUT2D eigenvalue weighted by Gasteiger charge is 2.31. The molecule has 2 aliphatic rings. The van der Waals surface area contributed by atoms with Gasteiger partial charge in [-0.15, -0.1) is 0 Å². The second-order valence-corrected chi connectivity index (χ2v) is 8.13. The van der Waals surface area contributed by atoms with Crippen LogP contribution in [0.1, 0.15) is 49.4 Å². The first kappa shape index (κ1) is 15.5. The van der Waals surface area contributed by atoms with Crippen LogP contribution in [0.3, 0.4) is 0 Å². The highest BCUT2D eigenvalue weighted by Crippen LogP contribution is 2.26. The Hall–Kier alpha value is -1.40. The molecule has 6 heteroatoms. The fourth-order valence-corrected chi connectivity index (χ4v) is 4.60. The molecule has 1 N–H and O–H groups in total. The van der Waals surface area contributed by atoms with Crippen LogP contribution >= 0.6 is 0 Å². The quantitative estimate of drug-likeness (QED) is 0.923. The van der Waals surface area contributed by atoms with Gasteiger partial charge in [0.1, 0.15) is 0 Å². The largest absolute Gasteiger partial charge is 0.349 e. The Bertz CT molecular complexity index is 668. The first-order chi connectivity index (χ1) is 10.5. The van der Waals surface area contributed by atoms with Crippen molar-refractivity contribution >= 4 is 15.9 Å². The lowest BCUT2D eigenvalue weighted by atomic mass is 10.1. The lowest BCUT2D eigenvalue weighted by Gasteiger charge is -2.32. The van der Waals surface area contributed by atoms with E-state index in [9.17, 15) is 13.2 Å². The second kappa shape index (κ2) is 6.01. The summed E-state index contributed by atoms with van der Waals surface area (Å²) in [4.78, 5) is 12.3. The number of sulfonamides is 1. The minimum Gasteiger partial charge on any atom is -0.349 e. The normalized spacial score (nSPS) is 23.2. The maximum Gasteiger partial charge on any atom is 0.251 e. The van der Waals surface area contributed by atoms with E-state index in [4.69, 9.17) is 0 Å². The van der Waals surface area contributed by atoms with Crippen LogP contribution in [0.5, 0.6) is 0 Å². The maximum atomic E-state index is 12.8. The summed E-state index contributed by atoms with van der Waals surface area (Å²) >= 11 is 0. The molecular formula is C16H22N2O3S. The molecule has 1 saturated carbocycles. The van der Waals surface area contributed by atoms with E-state index >= 15 is 0 Å². The Labute approximate surface area is 131 Å². The van der Waals surface area contributed by atoms with Gasteiger partial charge in [-0.3, -0.25) is 4.79 Å². The molecule has 0 radical (unpaired) electrons. The third-order valence-corrected chi connectivity index (χ3v) is 6.37. The molecule has 1 aliphatic carbocycles. The molecular weight excluding hydrogens is 300 g/mol. The first-order valence-corrected chi connectivity index (χ1v) is 9.35. The second-order valence-electron chi connectivity index (χ2n) is 6.24. The van der Waals surface area contributed by atoms with Crippen molar-refractivity contribution in [3.05, 3.63) is 29.8 Å². The molecule has 0 bridgehead atoms. The van der Waals surface area contributed by atoms with E-state index in [1.54, 1.807) is 22.5 Å². The van der Waals surface area contributed by atoms with Gasteiger partial charge in [-0.25, -0.2) is 8.42 Å². The molecule has 5 nitrogen and oxygen atoms in total. The summed E-state index contributed by atoms with van der Waals surface area (Å²) in [6, 6.07) is 6.65. The van der Waals surface area contributed by atoms with E-state index in [0.717, 1.165) is 32.1 Å². The predicted molar refractivity (Wildman–Crippen MR) is 84.1 cm³/mol. The van der Waals surface area contributed by atoms with E-state index in [0.29, 0.717) is 12.1 Å². The van der Waals surface area contributed by atoms with Gasteiger partial charge in [0.2, 0.25) is 10.0 Å². The fourth-order valence-electron chi connectivity index (χ4n) is 2.86. The van der Waals surface area contributed by atoms with Gasteiger partial charge in [-0.1, -0.05) is 12.5 Å². The van der Waals surface area contributed by atoms with E-state index in [-0.39, 0.29) is 22.9 Å². The Morgan fingerprint density at radius 2 is 2.00 bits per heavy atom. The van der Waals surface area contributed by atoms with Gasteiger partial charge in [0.15, 0.2) is 0 Å². The number of rotatable bonds is 4. The third kappa shape index (κ3) is 3.17. The van der Waals surface area contributed by atoms with Gasteiger partial charge in [0, 0.05) is 24.2 Å². The fraction of sp³-hybridized carbons (Fsp3) is 0.562. The molecule has 1 aliphatic heterocycles. The number of carbonyl (C=O) groups is 1.